The molecule has 1 N–H and O–H groups in total. The van der Waals surface area contributed by atoms with Gasteiger partial charge < -0.3 is 5.11 Å². The molecule has 2 heteroatoms. The summed E-state index contributed by atoms with van der Waals surface area (Å²) in [4.78, 5) is 10.4. The summed E-state index contributed by atoms with van der Waals surface area (Å²) < 4.78 is 0. The molecule has 0 amide bonds. The molecular formula is C10H10O2. The van der Waals surface area contributed by atoms with Gasteiger partial charge in [-0.25, -0.2) is 0 Å². The number of aliphatic hydroxyl groups is 1. The highest BCUT2D eigenvalue weighted by molar-refractivity contribution is 5.76. The van der Waals surface area contributed by atoms with E-state index in [4.69, 9.17) is 5.11 Å². The first-order valence-corrected chi connectivity index (χ1v) is 3.69. The van der Waals surface area contributed by atoms with Gasteiger partial charge in [-0.3, -0.25) is 4.79 Å². The van der Waals surface area contributed by atoms with Crippen molar-refractivity contribution in [2.75, 3.05) is 6.61 Å². The Bertz CT molecular complexity index is 290. The lowest BCUT2D eigenvalue weighted by Crippen LogP contribution is -1.80. The molecule has 0 aliphatic rings. The molecule has 1 aromatic rings. The predicted molar refractivity (Wildman–Crippen MR) is 47.9 cm³/mol. The van der Waals surface area contributed by atoms with Gasteiger partial charge in [0.2, 0.25) is 0 Å². The van der Waals surface area contributed by atoms with Crippen molar-refractivity contribution in [1.82, 2.24) is 0 Å². The van der Waals surface area contributed by atoms with Crippen LogP contribution < -0.4 is 0 Å². The number of hydrogen-bond acceptors (Lipinski definition) is 2. The van der Waals surface area contributed by atoms with Crippen LogP contribution in [0.15, 0.2) is 30.3 Å². The van der Waals surface area contributed by atoms with Gasteiger partial charge in [0.05, 0.1) is 6.61 Å². The topological polar surface area (TPSA) is 37.3 Å². The summed E-state index contributed by atoms with van der Waals surface area (Å²) in [6, 6.07) is 7.18. The largest absolute Gasteiger partial charge is 0.392 e. The van der Waals surface area contributed by atoms with Crippen LogP contribution in [0.2, 0.25) is 0 Å². The molecule has 0 fully saturated rings. The van der Waals surface area contributed by atoms with Crippen LogP contribution in [-0.4, -0.2) is 18.0 Å². The van der Waals surface area contributed by atoms with E-state index in [1.807, 2.05) is 6.07 Å². The van der Waals surface area contributed by atoms with E-state index in [1.165, 1.54) is 0 Å². The molecule has 0 unspecified atom stereocenters. The monoisotopic (exact) mass is 162 g/mol. The van der Waals surface area contributed by atoms with Gasteiger partial charge in [0.15, 0.2) is 0 Å². The lowest BCUT2D eigenvalue weighted by Gasteiger charge is -1.93. The molecule has 0 saturated heterocycles. The van der Waals surface area contributed by atoms with Crippen molar-refractivity contribution in [3.05, 3.63) is 41.5 Å². The van der Waals surface area contributed by atoms with Crippen molar-refractivity contribution in [3.8, 4) is 0 Å². The van der Waals surface area contributed by atoms with Gasteiger partial charge in [-0.15, -0.1) is 0 Å². The van der Waals surface area contributed by atoms with Crippen molar-refractivity contribution in [1.29, 1.82) is 0 Å². The van der Waals surface area contributed by atoms with E-state index >= 15 is 0 Å². The fourth-order valence-electron chi connectivity index (χ4n) is 0.925. The molecular weight excluding hydrogens is 152 g/mol. The molecule has 0 aliphatic carbocycles. The molecule has 0 spiro atoms. The SMILES string of the molecule is O=Cc1cccc(C=CCO)c1. The molecule has 1 aromatic carbocycles. The fraction of sp³-hybridized carbons (Fsp3) is 0.100. The first-order chi connectivity index (χ1) is 5.86. The second kappa shape index (κ2) is 4.46. The third kappa shape index (κ3) is 2.32. The van der Waals surface area contributed by atoms with E-state index < -0.39 is 0 Å². The smallest absolute Gasteiger partial charge is 0.150 e. The minimum atomic E-state index is 0.0192. The zero-order chi connectivity index (χ0) is 8.81. The summed E-state index contributed by atoms with van der Waals surface area (Å²) in [6.07, 6.45) is 4.20. The maximum Gasteiger partial charge on any atom is 0.150 e. The fourth-order valence-corrected chi connectivity index (χ4v) is 0.925. The molecule has 1 rings (SSSR count). The van der Waals surface area contributed by atoms with E-state index in [-0.39, 0.29) is 6.61 Å². The number of aldehydes is 1. The maximum atomic E-state index is 10.4. The Labute approximate surface area is 71.2 Å². The molecule has 12 heavy (non-hydrogen) atoms. The quantitative estimate of drug-likeness (QED) is 0.684. The first kappa shape index (κ1) is 8.68. The Hall–Kier alpha value is -1.41. The van der Waals surface area contributed by atoms with Crippen molar-refractivity contribution in [3.63, 3.8) is 0 Å². The minimum Gasteiger partial charge on any atom is -0.392 e. The van der Waals surface area contributed by atoms with Crippen LogP contribution in [0.3, 0.4) is 0 Å². The van der Waals surface area contributed by atoms with E-state index in [1.54, 1.807) is 30.4 Å². The van der Waals surface area contributed by atoms with Gasteiger partial charge in [-0.1, -0.05) is 30.4 Å². The summed E-state index contributed by atoms with van der Waals surface area (Å²) in [5.74, 6) is 0. The second-order valence-electron chi connectivity index (χ2n) is 2.37. The number of rotatable bonds is 3. The number of carbonyl (C=O) groups is 1. The number of benzene rings is 1. The third-order valence-electron chi connectivity index (χ3n) is 1.46. The molecule has 2 nitrogen and oxygen atoms in total. The van der Waals surface area contributed by atoms with Gasteiger partial charge in [-0.2, -0.15) is 0 Å². The molecule has 0 heterocycles. The minimum absolute atomic E-state index is 0.0192. The first-order valence-electron chi connectivity index (χ1n) is 3.69. The zero-order valence-electron chi connectivity index (χ0n) is 6.60. The van der Waals surface area contributed by atoms with Gasteiger partial charge in [0, 0.05) is 5.56 Å². The Morgan fingerprint density at radius 1 is 1.33 bits per heavy atom. The summed E-state index contributed by atoms with van der Waals surface area (Å²) in [5.41, 5.74) is 1.57. The summed E-state index contributed by atoms with van der Waals surface area (Å²) >= 11 is 0. The molecule has 0 aromatic heterocycles. The van der Waals surface area contributed by atoms with E-state index in [0.29, 0.717) is 5.56 Å². The normalized spacial score (nSPS) is 10.4. The molecule has 62 valence electrons. The third-order valence-corrected chi connectivity index (χ3v) is 1.46. The summed E-state index contributed by atoms with van der Waals surface area (Å²) in [7, 11) is 0. The number of hydrogen-bond donors (Lipinski definition) is 1. The van der Waals surface area contributed by atoms with Crippen molar-refractivity contribution in [2.45, 2.75) is 0 Å². The van der Waals surface area contributed by atoms with Crippen LogP contribution in [0.1, 0.15) is 15.9 Å². The highest BCUT2D eigenvalue weighted by Crippen LogP contribution is 2.04. The number of aliphatic hydroxyl groups excluding tert-OH is 1. The van der Waals surface area contributed by atoms with Crippen molar-refractivity contribution < 1.29 is 9.90 Å². The molecule has 0 aliphatic heterocycles. The molecule has 0 saturated carbocycles. The Balaban J connectivity index is 2.86. The van der Waals surface area contributed by atoms with Crippen molar-refractivity contribution in [2.24, 2.45) is 0 Å². The molecule has 0 bridgehead atoms. The van der Waals surface area contributed by atoms with Gasteiger partial charge in [0.1, 0.15) is 6.29 Å². The van der Waals surface area contributed by atoms with E-state index in [2.05, 4.69) is 0 Å². The predicted octanol–water partition coefficient (Wildman–Crippen LogP) is 1.50. The lowest BCUT2D eigenvalue weighted by molar-refractivity contribution is 0.112. The van der Waals surface area contributed by atoms with Crippen molar-refractivity contribution >= 4 is 12.4 Å². The highest BCUT2D eigenvalue weighted by atomic mass is 16.2. The number of carbonyl (C=O) groups excluding carboxylic acids is 1. The van der Waals surface area contributed by atoms with Gasteiger partial charge in [0.25, 0.3) is 0 Å². The van der Waals surface area contributed by atoms with Gasteiger partial charge in [-0.05, 0) is 11.6 Å². The van der Waals surface area contributed by atoms with E-state index in [0.717, 1.165) is 11.8 Å². The zero-order valence-corrected chi connectivity index (χ0v) is 6.60. The molecule has 0 atom stereocenters. The van der Waals surface area contributed by atoms with Gasteiger partial charge >= 0.3 is 0 Å². The average molecular weight is 162 g/mol. The van der Waals surface area contributed by atoms with Crippen LogP contribution in [0.5, 0.6) is 0 Å². The standard InChI is InChI=1S/C10H10O2/c11-6-2-5-9-3-1-4-10(7-9)8-12/h1-5,7-8,11H,6H2. The Morgan fingerprint density at radius 2 is 2.08 bits per heavy atom. The van der Waals surface area contributed by atoms with Crippen LogP contribution in [0.25, 0.3) is 6.08 Å². The van der Waals surface area contributed by atoms with Crippen LogP contribution in [-0.2, 0) is 0 Å². The lowest BCUT2D eigenvalue weighted by atomic mass is 10.1. The van der Waals surface area contributed by atoms with Crippen LogP contribution in [0, 0.1) is 0 Å². The van der Waals surface area contributed by atoms with Crippen LogP contribution in [0.4, 0.5) is 0 Å². The Morgan fingerprint density at radius 3 is 2.75 bits per heavy atom. The molecule has 0 radical (unpaired) electrons. The maximum absolute atomic E-state index is 10.4. The highest BCUT2D eigenvalue weighted by Gasteiger charge is 1.89. The second-order valence-corrected chi connectivity index (χ2v) is 2.37. The van der Waals surface area contributed by atoms with Crippen LogP contribution >= 0.6 is 0 Å². The summed E-state index contributed by atoms with van der Waals surface area (Å²) in [6.45, 7) is 0.0192. The summed E-state index contributed by atoms with van der Waals surface area (Å²) in [5, 5.41) is 8.50. The Kier molecular flexibility index (Phi) is 3.23. The average Bonchev–Trinajstić information content (AvgIpc) is 2.15. The van der Waals surface area contributed by atoms with E-state index in [9.17, 15) is 4.79 Å².